The SMILES string of the molecule is CCCOCC(=O)C1CCC(CN)CC1. The molecule has 0 amide bonds. The zero-order valence-corrected chi connectivity index (χ0v) is 9.71. The molecule has 1 aliphatic rings. The molecular weight excluding hydrogens is 190 g/mol. The second kappa shape index (κ2) is 6.96. The normalized spacial score (nSPS) is 26.5. The molecule has 0 atom stereocenters. The average Bonchev–Trinajstić information content (AvgIpc) is 2.29. The first-order valence-corrected chi connectivity index (χ1v) is 6.08. The van der Waals surface area contributed by atoms with Crippen LogP contribution in [0.2, 0.25) is 0 Å². The molecule has 0 saturated heterocycles. The molecule has 0 spiro atoms. The highest BCUT2D eigenvalue weighted by Crippen LogP contribution is 2.28. The molecular formula is C12H23NO2. The maximum atomic E-state index is 11.7. The second-order valence-electron chi connectivity index (χ2n) is 4.47. The lowest BCUT2D eigenvalue weighted by Gasteiger charge is -2.26. The summed E-state index contributed by atoms with van der Waals surface area (Å²) in [4.78, 5) is 11.7. The third kappa shape index (κ3) is 4.31. The van der Waals surface area contributed by atoms with E-state index in [0.29, 0.717) is 24.9 Å². The smallest absolute Gasteiger partial charge is 0.161 e. The average molecular weight is 213 g/mol. The zero-order valence-electron chi connectivity index (χ0n) is 9.71. The maximum Gasteiger partial charge on any atom is 0.161 e. The van der Waals surface area contributed by atoms with Crippen LogP contribution in [0.25, 0.3) is 0 Å². The zero-order chi connectivity index (χ0) is 11.1. The van der Waals surface area contributed by atoms with Crippen molar-refractivity contribution in [2.24, 2.45) is 17.6 Å². The van der Waals surface area contributed by atoms with Gasteiger partial charge in [-0.25, -0.2) is 0 Å². The molecule has 0 aromatic carbocycles. The van der Waals surface area contributed by atoms with Crippen LogP contribution in [-0.4, -0.2) is 25.5 Å². The van der Waals surface area contributed by atoms with Gasteiger partial charge < -0.3 is 10.5 Å². The highest BCUT2D eigenvalue weighted by molar-refractivity contribution is 5.82. The minimum atomic E-state index is 0.240. The Bertz CT molecular complexity index is 186. The second-order valence-corrected chi connectivity index (χ2v) is 4.47. The fourth-order valence-corrected chi connectivity index (χ4v) is 2.16. The van der Waals surface area contributed by atoms with Gasteiger partial charge in [0, 0.05) is 12.5 Å². The Balaban J connectivity index is 2.18. The predicted molar refractivity (Wildman–Crippen MR) is 60.6 cm³/mol. The van der Waals surface area contributed by atoms with Crippen LogP contribution in [0, 0.1) is 11.8 Å². The van der Waals surface area contributed by atoms with Crippen LogP contribution in [0.4, 0.5) is 0 Å². The first-order chi connectivity index (χ1) is 7.27. The molecule has 3 nitrogen and oxygen atoms in total. The van der Waals surface area contributed by atoms with E-state index in [-0.39, 0.29) is 5.92 Å². The molecule has 0 aromatic heterocycles. The van der Waals surface area contributed by atoms with Gasteiger partial charge in [-0.3, -0.25) is 4.79 Å². The van der Waals surface area contributed by atoms with Crippen molar-refractivity contribution in [3.8, 4) is 0 Å². The van der Waals surface area contributed by atoms with Crippen molar-refractivity contribution in [3.63, 3.8) is 0 Å². The third-order valence-electron chi connectivity index (χ3n) is 3.23. The summed E-state index contributed by atoms with van der Waals surface area (Å²) in [7, 11) is 0. The lowest BCUT2D eigenvalue weighted by molar-refractivity contribution is -0.128. The largest absolute Gasteiger partial charge is 0.374 e. The van der Waals surface area contributed by atoms with Gasteiger partial charge in [0.05, 0.1) is 0 Å². The molecule has 1 saturated carbocycles. The van der Waals surface area contributed by atoms with Gasteiger partial charge in [0.25, 0.3) is 0 Å². The number of ether oxygens (including phenoxy) is 1. The molecule has 0 aliphatic heterocycles. The van der Waals surface area contributed by atoms with Gasteiger partial charge in [-0.1, -0.05) is 6.92 Å². The van der Waals surface area contributed by atoms with E-state index in [1.165, 1.54) is 0 Å². The Morgan fingerprint density at radius 2 is 2.00 bits per heavy atom. The molecule has 1 rings (SSSR count). The Kier molecular flexibility index (Phi) is 5.88. The van der Waals surface area contributed by atoms with Gasteiger partial charge in [0.15, 0.2) is 5.78 Å². The van der Waals surface area contributed by atoms with E-state index < -0.39 is 0 Å². The van der Waals surface area contributed by atoms with Crippen LogP contribution in [0.3, 0.4) is 0 Å². The van der Waals surface area contributed by atoms with Crippen molar-refractivity contribution in [2.45, 2.75) is 39.0 Å². The molecule has 0 bridgehead atoms. The van der Waals surface area contributed by atoms with Crippen LogP contribution < -0.4 is 5.73 Å². The topological polar surface area (TPSA) is 52.3 Å². The third-order valence-corrected chi connectivity index (χ3v) is 3.23. The summed E-state index contributed by atoms with van der Waals surface area (Å²) in [5.41, 5.74) is 5.61. The van der Waals surface area contributed by atoms with E-state index in [4.69, 9.17) is 10.5 Å². The molecule has 0 radical (unpaired) electrons. The Morgan fingerprint density at radius 3 is 2.53 bits per heavy atom. The summed E-state index contributed by atoms with van der Waals surface area (Å²) in [6.45, 7) is 3.83. The lowest BCUT2D eigenvalue weighted by Crippen LogP contribution is -2.27. The number of carbonyl (C=O) groups excluding carboxylic acids is 1. The van der Waals surface area contributed by atoms with Crippen LogP contribution in [0.5, 0.6) is 0 Å². The van der Waals surface area contributed by atoms with Crippen LogP contribution in [-0.2, 0) is 9.53 Å². The van der Waals surface area contributed by atoms with Gasteiger partial charge in [0.2, 0.25) is 0 Å². The van der Waals surface area contributed by atoms with Crippen LogP contribution in [0.15, 0.2) is 0 Å². The van der Waals surface area contributed by atoms with Crippen molar-refractivity contribution in [2.75, 3.05) is 19.8 Å². The highest BCUT2D eigenvalue weighted by atomic mass is 16.5. The number of nitrogens with two attached hydrogens (primary N) is 1. The fourth-order valence-electron chi connectivity index (χ4n) is 2.16. The van der Waals surface area contributed by atoms with Crippen molar-refractivity contribution in [1.29, 1.82) is 0 Å². The quantitative estimate of drug-likeness (QED) is 0.684. The predicted octanol–water partition coefficient (Wildman–Crippen LogP) is 1.75. The number of hydrogen-bond acceptors (Lipinski definition) is 3. The molecule has 15 heavy (non-hydrogen) atoms. The van der Waals surface area contributed by atoms with Gasteiger partial charge in [-0.15, -0.1) is 0 Å². The van der Waals surface area contributed by atoms with Crippen molar-refractivity contribution in [3.05, 3.63) is 0 Å². The van der Waals surface area contributed by atoms with E-state index in [1.54, 1.807) is 0 Å². The van der Waals surface area contributed by atoms with Gasteiger partial charge in [0.1, 0.15) is 6.61 Å². The molecule has 3 heteroatoms. The molecule has 0 unspecified atom stereocenters. The molecule has 1 aliphatic carbocycles. The Morgan fingerprint density at radius 1 is 1.33 bits per heavy atom. The summed E-state index contributed by atoms with van der Waals surface area (Å²) in [6, 6.07) is 0. The summed E-state index contributed by atoms with van der Waals surface area (Å²) in [5.74, 6) is 1.18. The first-order valence-electron chi connectivity index (χ1n) is 6.08. The van der Waals surface area contributed by atoms with E-state index in [9.17, 15) is 4.79 Å². The standard InChI is InChI=1S/C12H23NO2/c1-2-7-15-9-12(14)11-5-3-10(8-13)4-6-11/h10-11H,2-9,13H2,1H3. The number of carbonyl (C=O) groups is 1. The summed E-state index contributed by atoms with van der Waals surface area (Å²) >= 11 is 0. The number of Topliss-reactive ketones (excluding diaryl/α,β-unsaturated/α-hetero) is 1. The Hall–Kier alpha value is -0.410. The summed E-state index contributed by atoms with van der Waals surface area (Å²) in [6.07, 6.45) is 5.22. The van der Waals surface area contributed by atoms with E-state index in [1.807, 2.05) is 0 Å². The molecule has 0 aromatic rings. The maximum absolute atomic E-state index is 11.7. The summed E-state index contributed by atoms with van der Waals surface area (Å²) in [5, 5.41) is 0. The number of rotatable bonds is 6. The first kappa shape index (κ1) is 12.7. The molecule has 0 heterocycles. The minimum Gasteiger partial charge on any atom is -0.374 e. The lowest BCUT2D eigenvalue weighted by atomic mass is 9.80. The molecule has 2 N–H and O–H groups in total. The molecule has 88 valence electrons. The van der Waals surface area contributed by atoms with Crippen molar-refractivity contribution < 1.29 is 9.53 Å². The fraction of sp³-hybridized carbons (Fsp3) is 0.917. The minimum absolute atomic E-state index is 0.240. The van der Waals surface area contributed by atoms with E-state index in [2.05, 4.69) is 6.92 Å². The highest BCUT2D eigenvalue weighted by Gasteiger charge is 2.25. The van der Waals surface area contributed by atoms with Crippen LogP contribution in [0.1, 0.15) is 39.0 Å². The number of hydrogen-bond donors (Lipinski definition) is 1. The van der Waals surface area contributed by atoms with Gasteiger partial charge in [-0.2, -0.15) is 0 Å². The summed E-state index contributed by atoms with van der Waals surface area (Å²) < 4.78 is 5.28. The van der Waals surface area contributed by atoms with Gasteiger partial charge >= 0.3 is 0 Å². The van der Waals surface area contributed by atoms with Crippen molar-refractivity contribution in [1.82, 2.24) is 0 Å². The van der Waals surface area contributed by atoms with Crippen LogP contribution >= 0.6 is 0 Å². The van der Waals surface area contributed by atoms with Gasteiger partial charge in [-0.05, 0) is 44.6 Å². The van der Waals surface area contributed by atoms with E-state index in [0.717, 1.165) is 38.6 Å². The molecule has 1 fully saturated rings. The Labute approximate surface area is 92.4 Å². The van der Waals surface area contributed by atoms with Crippen molar-refractivity contribution >= 4 is 5.78 Å². The van der Waals surface area contributed by atoms with E-state index >= 15 is 0 Å². The number of ketones is 1. The monoisotopic (exact) mass is 213 g/mol.